The molecule has 0 amide bonds. The van der Waals surface area contributed by atoms with E-state index in [1.807, 2.05) is 0 Å². The molecular weight excluding hydrogens is 93.0 g/mol. The number of hydrogen-bond donors (Lipinski definition) is 0. The Hall–Kier alpha value is -0.210. The predicted octanol–water partition coefficient (Wildman–Crippen LogP) is 1.43. The molecule has 0 unspecified atom stereocenters. The summed E-state index contributed by atoms with van der Waals surface area (Å²) in [6.45, 7) is -1.04. The van der Waals surface area contributed by atoms with Crippen molar-refractivity contribution in [3.63, 3.8) is 0 Å². The lowest BCUT2D eigenvalue weighted by molar-refractivity contribution is 0.175. The molecular formula is C3H4F3. The van der Waals surface area contributed by atoms with Gasteiger partial charge in [0, 0.05) is 0 Å². The first-order valence-corrected chi connectivity index (χ1v) is 1.45. The summed E-state index contributed by atoms with van der Waals surface area (Å²) in [5.74, 6) is 0. The van der Waals surface area contributed by atoms with Gasteiger partial charge in [-0.25, -0.2) is 8.78 Å². The number of hydrogen-bond acceptors (Lipinski definition) is 0. The summed E-state index contributed by atoms with van der Waals surface area (Å²) in [6, 6.07) is 0. The third-order valence-electron chi connectivity index (χ3n) is 0.267. The molecule has 6 heavy (non-hydrogen) atoms. The molecule has 0 nitrogen and oxygen atoms in total. The van der Waals surface area contributed by atoms with Crippen LogP contribution in [-0.2, 0) is 0 Å². The zero-order chi connectivity index (χ0) is 4.99. The standard InChI is InChI=1S/C3H4F3/c4-2-1-3(5)6/h1,3H,2H2. The van der Waals surface area contributed by atoms with Crippen molar-refractivity contribution < 1.29 is 13.2 Å². The second-order valence-electron chi connectivity index (χ2n) is 0.724. The molecule has 0 rings (SSSR count). The average molecular weight is 97.1 g/mol. The van der Waals surface area contributed by atoms with E-state index >= 15 is 0 Å². The van der Waals surface area contributed by atoms with Gasteiger partial charge in [-0.15, -0.1) is 0 Å². The van der Waals surface area contributed by atoms with Gasteiger partial charge in [-0.1, -0.05) is 0 Å². The fourth-order valence-electron chi connectivity index (χ4n) is 0.0673. The van der Waals surface area contributed by atoms with Crippen molar-refractivity contribution in [2.75, 3.05) is 6.67 Å². The van der Waals surface area contributed by atoms with Crippen molar-refractivity contribution in [2.45, 2.75) is 6.43 Å². The molecule has 0 fully saturated rings. The van der Waals surface area contributed by atoms with Gasteiger partial charge in [-0.2, -0.15) is 0 Å². The van der Waals surface area contributed by atoms with E-state index in [9.17, 15) is 13.2 Å². The van der Waals surface area contributed by atoms with Crippen molar-refractivity contribution in [2.24, 2.45) is 0 Å². The zero-order valence-electron chi connectivity index (χ0n) is 3.00. The van der Waals surface area contributed by atoms with Gasteiger partial charge in [0.05, 0.1) is 13.1 Å². The van der Waals surface area contributed by atoms with Gasteiger partial charge in [0.25, 0.3) is 0 Å². The summed E-state index contributed by atoms with van der Waals surface area (Å²) in [5.41, 5.74) is 0. The molecule has 0 spiro atoms. The molecule has 3 heteroatoms. The quantitative estimate of drug-likeness (QED) is 0.489. The molecule has 0 heterocycles. The molecule has 0 aliphatic heterocycles. The normalized spacial score (nSPS) is 10.0. The first-order valence-electron chi connectivity index (χ1n) is 1.45. The highest BCUT2D eigenvalue weighted by atomic mass is 19.3. The van der Waals surface area contributed by atoms with E-state index < -0.39 is 13.1 Å². The maximum absolute atomic E-state index is 10.7. The van der Waals surface area contributed by atoms with Crippen molar-refractivity contribution in [3.8, 4) is 0 Å². The molecule has 0 aromatic rings. The van der Waals surface area contributed by atoms with Crippen LogP contribution < -0.4 is 0 Å². The van der Waals surface area contributed by atoms with Crippen LogP contribution in [0.3, 0.4) is 0 Å². The molecule has 0 saturated heterocycles. The summed E-state index contributed by atoms with van der Waals surface area (Å²) in [6.07, 6.45) is -2.31. The Morgan fingerprint density at radius 3 is 2.00 bits per heavy atom. The van der Waals surface area contributed by atoms with E-state index in [0.717, 1.165) is 0 Å². The minimum atomic E-state index is -2.60. The molecule has 37 valence electrons. The van der Waals surface area contributed by atoms with E-state index in [4.69, 9.17) is 0 Å². The molecule has 1 radical (unpaired) electrons. The molecule has 0 atom stereocenters. The van der Waals surface area contributed by atoms with Gasteiger partial charge in [-0.05, 0) is 0 Å². The summed E-state index contributed by atoms with van der Waals surface area (Å²) in [4.78, 5) is 0. The minimum Gasteiger partial charge on any atom is -0.251 e. The van der Waals surface area contributed by atoms with Crippen molar-refractivity contribution in [1.82, 2.24) is 0 Å². The fourth-order valence-corrected chi connectivity index (χ4v) is 0.0673. The van der Waals surface area contributed by atoms with Crippen molar-refractivity contribution in [3.05, 3.63) is 6.42 Å². The Bertz CT molecular complexity index is 27.2. The van der Waals surface area contributed by atoms with Crippen molar-refractivity contribution >= 4 is 0 Å². The van der Waals surface area contributed by atoms with E-state index in [1.54, 1.807) is 0 Å². The number of halogens is 3. The zero-order valence-corrected chi connectivity index (χ0v) is 3.00. The van der Waals surface area contributed by atoms with Crippen LogP contribution in [0.5, 0.6) is 0 Å². The largest absolute Gasteiger partial charge is 0.251 e. The molecule has 0 saturated carbocycles. The molecule has 0 aromatic carbocycles. The third-order valence-corrected chi connectivity index (χ3v) is 0.267. The molecule has 0 N–H and O–H groups in total. The van der Waals surface area contributed by atoms with Gasteiger partial charge in [0.15, 0.2) is 0 Å². The Morgan fingerprint density at radius 1 is 1.50 bits per heavy atom. The fraction of sp³-hybridized carbons (Fsp3) is 0.667. The first kappa shape index (κ1) is 5.79. The van der Waals surface area contributed by atoms with Gasteiger partial charge < -0.3 is 0 Å². The topological polar surface area (TPSA) is 0 Å². The maximum Gasteiger partial charge on any atom is 0.244 e. The lowest BCUT2D eigenvalue weighted by Crippen LogP contribution is -1.90. The van der Waals surface area contributed by atoms with Crippen LogP contribution in [0.25, 0.3) is 0 Å². The van der Waals surface area contributed by atoms with Gasteiger partial charge in [0.1, 0.15) is 0 Å². The highest BCUT2D eigenvalue weighted by molar-refractivity contribution is 4.63. The Kier molecular flexibility index (Phi) is 2.89. The SMILES string of the molecule is FC[CH]C(F)F. The smallest absolute Gasteiger partial charge is 0.244 e. The Labute approximate surface area is 34.0 Å². The van der Waals surface area contributed by atoms with Crippen LogP contribution in [0.4, 0.5) is 13.2 Å². The summed E-state index contributed by atoms with van der Waals surface area (Å²) in [5, 5.41) is 0. The lowest BCUT2D eigenvalue weighted by atomic mass is 10.5. The second kappa shape index (κ2) is 3.00. The Balaban J connectivity index is 2.63. The third kappa shape index (κ3) is 3.79. The molecule has 0 aliphatic rings. The summed E-state index contributed by atoms with van der Waals surface area (Å²) in [7, 11) is 0. The van der Waals surface area contributed by atoms with Crippen LogP contribution in [-0.4, -0.2) is 13.1 Å². The van der Waals surface area contributed by atoms with E-state index in [0.29, 0.717) is 6.42 Å². The van der Waals surface area contributed by atoms with Gasteiger partial charge in [-0.3, -0.25) is 4.39 Å². The maximum atomic E-state index is 10.7. The predicted molar refractivity (Wildman–Crippen MR) is 16.3 cm³/mol. The number of alkyl halides is 3. The van der Waals surface area contributed by atoms with E-state index in [-0.39, 0.29) is 0 Å². The van der Waals surface area contributed by atoms with Crippen LogP contribution >= 0.6 is 0 Å². The van der Waals surface area contributed by atoms with Crippen LogP contribution in [0.15, 0.2) is 0 Å². The lowest BCUT2D eigenvalue weighted by Gasteiger charge is -1.85. The van der Waals surface area contributed by atoms with Crippen LogP contribution in [0, 0.1) is 6.42 Å². The first-order chi connectivity index (χ1) is 2.77. The highest BCUT2D eigenvalue weighted by Gasteiger charge is 1.98. The van der Waals surface area contributed by atoms with Gasteiger partial charge in [0.2, 0.25) is 6.43 Å². The van der Waals surface area contributed by atoms with Crippen LogP contribution in [0.2, 0.25) is 0 Å². The van der Waals surface area contributed by atoms with Gasteiger partial charge >= 0.3 is 0 Å². The Morgan fingerprint density at radius 2 is 2.00 bits per heavy atom. The monoisotopic (exact) mass is 97.0 g/mol. The number of rotatable bonds is 2. The molecule has 0 aliphatic carbocycles. The molecule has 0 bridgehead atoms. The van der Waals surface area contributed by atoms with E-state index in [2.05, 4.69) is 0 Å². The summed E-state index contributed by atoms with van der Waals surface area (Å²) >= 11 is 0. The summed E-state index contributed by atoms with van der Waals surface area (Å²) < 4.78 is 32.2. The average Bonchev–Trinajstić information content (AvgIpc) is 1.35. The highest BCUT2D eigenvalue weighted by Crippen LogP contribution is 1.95. The van der Waals surface area contributed by atoms with Crippen molar-refractivity contribution in [1.29, 1.82) is 0 Å². The minimum absolute atomic E-state index is 0.292. The second-order valence-corrected chi connectivity index (χ2v) is 0.724. The molecule has 0 aromatic heterocycles. The van der Waals surface area contributed by atoms with E-state index in [1.165, 1.54) is 0 Å². The van der Waals surface area contributed by atoms with Crippen LogP contribution in [0.1, 0.15) is 0 Å².